The average molecular weight is 349 g/mol. The van der Waals surface area contributed by atoms with Gasteiger partial charge >= 0.3 is 7.12 Å². The number of aromatic nitrogens is 2. The van der Waals surface area contributed by atoms with E-state index >= 15 is 0 Å². The van der Waals surface area contributed by atoms with E-state index in [-0.39, 0.29) is 30.8 Å². The van der Waals surface area contributed by atoms with E-state index in [1.54, 1.807) is 7.11 Å². The Bertz CT molecular complexity index is 607. The van der Waals surface area contributed by atoms with Crippen molar-refractivity contribution in [2.75, 3.05) is 26.8 Å². The summed E-state index contributed by atoms with van der Waals surface area (Å²) in [5, 5.41) is 4.51. The van der Waals surface area contributed by atoms with E-state index in [0.717, 1.165) is 31.4 Å². The molecule has 0 radical (unpaired) electrons. The lowest BCUT2D eigenvalue weighted by Gasteiger charge is -2.32. The van der Waals surface area contributed by atoms with E-state index in [2.05, 4.69) is 5.10 Å². The molecule has 1 amide bonds. The van der Waals surface area contributed by atoms with Gasteiger partial charge in [-0.25, -0.2) is 0 Å². The maximum atomic E-state index is 11.9. The lowest BCUT2D eigenvalue weighted by atomic mass is 9.82. The molecule has 2 aliphatic rings. The van der Waals surface area contributed by atoms with Crippen molar-refractivity contribution in [2.45, 2.75) is 57.8 Å². The number of carbonyl (C=O) groups excluding carboxylic acids is 1. The predicted molar refractivity (Wildman–Crippen MR) is 94.7 cm³/mol. The second-order valence-electron chi connectivity index (χ2n) is 7.89. The molecule has 0 aliphatic carbocycles. The van der Waals surface area contributed by atoms with Gasteiger partial charge in [0.2, 0.25) is 5.91 Å². The highest BCUT2D eigenvalue weighted by Crippen LogP contribution is 2.36. The normalized spacial score (nSPS) is 23.2. The van der Waals surface area contributed by atoms with Crippen LogP contribution in [0.25, 0.3) is 0 Å². The monoisotopic (exact) mass is 349 g/mol. The van der Waals surface area contributed by atoms with Crippen molar-refractivity contribution < 1.29 is 18.8 Å². The van der Waals surface area contributed by atoms with Crippen LogP contribution in [0.15, 0.2) is 12.4 Å². The molecule has 8 heteroatoms. The Morgan fingerprint density at radius 2 is 1.88 bits per heavy atom. The molecule has 7 nitrogen and oxygen atoms in total. The molecule has 0 atom stereocenters. The average Bonchev–Trinajstić information content (AvgIpc) is 3.11. The van der Waals surface area contributed by atoms with Crippen LogP contribution in [0.2, 0.25) is 0 Å². The number of likely N-dealkylation sites (tertiary alicyclic amines) is 1. The Hall–Kier alpha value is -1.38. The molecule has 1 aromatic rings. The van der Waals surface area contributed by atoms with Gasteiger partial charge in [0.1, 0.15) is 6.61 Å². The zero-order chi connectivity index (χ0) is 18.2. The van der Waals surface area contributed by atoms with E-state index < -0.39 is 0 Å². The highest BCUT2D eigenvalue weighted by Gasteiger charge is 2.52. The summed E-state index contributed by atoms with van der Waals surface area (Å²) in [6.07, 6.45) is 5.62. The largest absolute Gasteiger partial charge is 0.498 e. The molecule has 2 aliphatic heterocycles. The maximum absolute atomic E-state index is 11.9. The molecule has 3 heterocycles. The van der Waals surface area contributed by atoms with E-state index in [1.165, 1.54) is 0 Å². The highest BCUT2D eigenvalue weighted by atomic mass is 16.7. The molecule has 2 saturated heterocycles. The van der Waals surface area contributed by atoms with E-state index in [1.807, 2.05) is 49.7 Å². The van der Waals surface area contributed by atoms with Crippen molar-refractivity contribution in [1.29, 1.82) is 0 Å². The summed E-state index contributed by atoms with van der Waals surface area (Å²) >= 11 is 0. The van der Waals surface area contributed by atoms with E-state index in [4.69, 9.17) is 14.0 Å². The maximum Gasteiger partial charge on any atom is 0.498 e. The van der Waals surface area contributed by atoms with Crippen molar-refractivity contribution in [3.8, 4) is 0 Å². The van der Waals surface area contributed by atoms with Gasteiger partial charge in [0.05, 0.1) is 17.2 Å². The summed E-state index contributed by atoms with van der Waals surface area (Å²) in [6.45, 7) is 9.80. The van der Waals surface area contributed by atoms with Crippen LogP contribution in [0.3, 0.4) is 0 Å². The van der Waals surface area contributed by atoms with Crippen LogP contribution >= 0.6 is 0 Å². The number of rotatable bonds is 4. The number of methoxy groups -OCH3 is 1. The topological polar surface area (TPSA) is 65.8 Å². The molecular weight excluding hydrogens is 321 g/mol. The molecule has 0 N–H and O–H groups in total. The molecule has 2 fully saturated rings. The second-order valence-corrected chi connectivity index (χ2v) is 7.89. The Kier molecular flexibility index (Phi) is 4.96. The van der Waals surface area contributed by atoms with Gasteiger partial charge in [0, 0.05) is 38.1 Å². The van der Waals surface area contributed by atoms with Gasteiger partial charge in [-0.3, -0.25) is 9.48 Å². The fourth-order valence-corrected chi connectivity index (χ4v) is 3.25. The smallest absolute Gasteiger partial charge is 0.399 e. The second kappa shape index (κ2) is 6.74. The zero-order valence-corrected chi connectivity index (χ0v) is 15.8. The number of hydrogen-bond donors (Lipinski definition) is 0. The van der Waals surface area contributed by atoms with Crippen LogP contribution in [0.1, 0.15) is 46.6 Å². The lowest BCUT2D eigenvalue weighted by Crippen LogP contribution is -2.41. The van der Waals surface area contributed by atoms with Crippen LogP contribution in [0.4, 0.5) is 0 Å². The number of ether oxygens (including phenoxy) is 1. The highest BCUT2D eigenvalue weighted by molar-refractivity contribution is 6.62. The number of nitrogens with zero attached hydrogens (tertiary/aromatic N) is 3. The first-order valence-corrected chi connectivity index (χ1v) is 8.90. The lowest BCUT2D eigenvalue weighted by molar-refractivity contribution is -0.136. The minimum atomic E-state index is -0.387. The third kappa shape index (κ3) is 3.61. The molecule has 138 valence electrons. The number of hydrogen-bond acceptors (Lipinski definition) is 5. The molecule has 0 bridgehead atoms. The third-order valence-corrected chi connectivity index (χ3v) is 5.61. The van der Waals surface area contributed by atoms with Gasteiger partial charge in [-0.15, -0.1) is 0 Å². The first-order valence-electron chi connectivity index (χ1n) is 8.90. The van der Waals surface area contributed by atoms with Gasteiger partial charge in [-0.1, -0.05) is 0 Å². The van der Waals surface area contributed by atoms with Crippen molar-refractivity contribution in [3.05, 3.63) is 12.4 Å². The van der Waals surface area contributed by atoms with E-state index in [9.17, 15) is 4.79 Å². The van der Waals surface area contributed by atoms with Crippen LogP contribution in [-0.2, 0) is 18.8 Å². The first kappa shape index (κ1) is 18.4. The summed E-state index contributed by atoms with van der Waals surface area (Å²) in [5.41, 5.74) is 0.233. The van der Waals surface area contributed by atoms with Crippen LogP contribution in [0, 0.1) is 0 Å². The van der Waals surface area contributed by atoms with Crippen molar-refractivity contribution in [1.82, 2.24) is 14.7 Å². The Labute approximate surface area is 149 Å². The molecule has 0 unspecified atom stereocenters. The standard InChI is InChI=1S/C17H28BN3O4/c1-16(2)17(3,4)25-18(24-16)13-10-19-21(11-13)14-6-8-20(9-7-14)15(22)12-23-5/h10-11,14H,6-9,12H2,1-5H3. The SMILES string of the molecule is COCC(=O)N1CCC(n2cc(B3OC(C)(C)C(C)(C)O3)cn2)CC1. The summed E-state index contributed by atoms with van der Waals surface area (Å²) in [5.74, 6) is 0.0549. The van der Waals surface area contributed by atoms with Crippen molar-refractivity contribution in [3.63, 3.8) is 0 Å². The zero-order valence-electron chi connectivity index (χ0n) is 15.8. The van der Waals surface area contributed by atoms with Gasteiger partial charge in [0.15, 0.2) is 0 Å². The molecule has 0 aromatic carbocycles. The molecule has 1 aromatic heterocycles. The first-order chi connectivity index (χ1) is 11.7. The predicted octanol–water partition coefficient (Wildman–Crippen LogP) is 0.992. The third-order valence-electron chi connectivity index (χ3n) is 5.61. The fourth-order valence-electron chi connectivity index (χ4n) is 3.25. The van der Waals surface area contributed by atoms with Gasteiger partial charge in [-0.2, -0.15) is 5.10 Å². The minimum Gasteiger partial charge on any atom is -0.399 e. The fraction of sp³-hybridized carbons (Fsp3) is 0.765. The minimum absolute atomic E-state index is 0.0549. The summed E-state index contributed by atoms with van der Waals surface area (Å²) in [7, 11) is 1.16. The Morgan fingerprint density at radius 1 is 1.28 bits per heavy atom. The molecule has 25 heavy (non-hydrogen) atoms. The Balaban J connectivity index is 1.61. The molecule has 0 spiro atoms. The molecule has 0 saturated carbocycles. The summed E-state index contributed by atoms with van der Waals surface area (Å²) in [4.78, 5) is 13.7. The van der Waals surface area contributed by atoms with Gasteiger partial charge < -0.3 is 18.9 Å². The van der Waals surface area contributed by atoms with Gasteiger partial charge in [-0.05, 0) is 40.5 Å². The Morgan fingerprint density at radius 3 is 2.44 bits per heavy atom. The van der Waals surface area contributed by atoms with Crippen molar-refractivity contribution in [2.24, 2.45) is 0 Å². The van der Waals surface area contributed by atoms with Crippen LogP contribution in [0.5, 0.6) is 0 Å². The number of amides is 1. The van der Waals surface area contributed by atoms with Crippen LogP contribution < -0.4 is 5.46 Å². The van der Waals surface area contributed by atoms with Crippen molar-refractivity contribution >= 4 is 18.5 Å². The summed E-state index contributed by atoms with van der Waals surface area (Å²) in [6, 6.07) is 0.294. The van der Waals surface area contributed by atoms with Crippen LogP contribution in [-0.4, -0.2) is 65.7 Å². The molecular formula is C17H28BN3O4. The number of carbonyl (C=O) groups is 1. The number of piperidine rings is 1. The quantitative estimate of drug-likeness (QED) is 0.759. The van der Waals surface area contributed by atoms with Gasteiger partial charge in [0.25, 0.3) is 0 Å². The van der Waals surface area contributed by atoms with E-state index in [0.29, 0.717) is 6.04 Å². The summed E-state index contributed by atoms with van der Waals surface area (Å²) < 4.78 is 19.1. The molecule has 3 rings (SSSR count).